The van der Waals surface area contributed by atoms with E-state index in [4.69, 9.17) is 0 Å². The van der Waals surface area contributed by atoms with E-state index in [1.54, 1.807) is 6.20 Å². The molecule has 0 atom stereocenters. The molecule has 0 unspecified atom stereocenters. The summed E-state index contributed by atoms with van der Waals surface area (Å²) in [6.45, 7) is 5.53. The van der Waals surface area contributed by atoms with Gasteiger partial charge >= 0.3 is 0 Å². The summed E-state index contributed by atoms with van der Waals surface area (Å²) in [6.07, 6.45) is 5.75. The number of rotatable bonds is 8. The zero-order valence-corrected chi connectivity index (χ0v) is 17.6. The highest BCUT2D eigenvalue weighted by Gasteiger charge is 2.32. The first-order chi connectivity index (χ1) is 14.2. The van der Waals surface area contributed by atoms with Crippen molar-refractivity contribution in [3.63, 3.8) is 0 Å². The van der Waals surface area contributed by atoms with E-state index in [0.29, 0.717) is 18.3 Å². The van der Waals surface area contributed by atoms with Crippen molar-refractivity contribution in [2.75, 3.05) is 5.75 Å². The Bertz CT molecular complexity index is 984. The number of carbonyl (C=O) groups is 1. The van der Waals surface area contributed by atoms with Crippen LogP contribution in [-0.2, 0) is 17.9 Å². The molecule has 0 N–H and O–H groups in total. The van der Waals surface area contributed by atoms with Crippen LogP contribution in [0.4, 0.5) is 0 Å². The molecule has 0 saturated heterocycles. The van der Waals surface area contributed by atoms with Crippen LogP contribution in [0, 0.1) is 6.92 Å². The smallest absolute Gasteiger partial charge is 0.233 e. The van der Waals surface area contributed by atoms with Gasteiger partial charge in [0.1, 0.15) is 0 Å². The van der Waals surface area contributed by atoms with Gasteiger partial charge in [0, 0.05) is 37.1 Å². The Balaban J connectivity index is 1.47. The van der Waals surface area contributed by atoms with Crippen molar-refractivity contribution in [1.82, 2.24) is 24.6 Å². The van der Waals surface area contributed by atoms with Crippen LogP contribution in [0.25, 0.3) is 11.4 Å². The summed E-state index contributed by atoms with van der Waals surface area (Å²) in [7, 11) is 0. The first kappa shape index (κ1) is 19.6. The maximum absolute atomic E-state index is 13.0. The number of benzene rings is 1. The quantitative estimate of drug-likeness (QED) is 0.529. The van der Waals surface area contributed by atoms with E-state index < -0.39 is 0 Å². The molecule has 0 aliphatic heterocycles. The fraction of sp³-hybridized carbons (Fsp3) is 0.364. The Labute approximate surface area is 175 Å². The molecule has 1 fully saturated rings. The van der Waals surface area contributed by atoms with Crippen molar-refractivity contribution >= 4 is 17.7 Å². The van der Waals surface area contributed by atoms with E-state index in [1.807, 2.05) is 35.4 Å². The summed E-state index contributed by atoms with van der Waals surface area (Å²) in [5.41, 5.74) is 3.31. The van der Waals surface area contributed by atoms with Crippen molar-refractivity contribution in [2.24, 2.45) is 0 Å². The van der Waals surface area contributed by atoms with Gasteiger partial charge in [0.05, 0.1) is 5.75 Å². The van der Waals surface area contributed by atoms with Crippen LogP contribution in [-0.4, -0.2) is 42.4 Å². The lowest BCUT2D eigenvalue weighted by atomic mass is 10.1. The SMILES string of the molecule is CCn1c(SCC(=O)N(Cc2cccnc2)C2CC2)nnc1-c1ccccc1C. The number of thioether (sulfide) groups is 1. The maximum Gasteiger partial charge on any atom is 0.233 e. The lowest BCUT2D eigenvalue weighted by molar-refractivity contribution is -0.129. The van der Waals surface area contributed by atoms with Gasteiger partial charge in [-0.25, -0.2) is 0 Å². The molecule has 6 nitrogen and oxygen atoms in total. The van der Waals surface area contributed by atoms with Crippen LogP contribution in [0.5, 0.6) is 0 Å². The predicted octanol–water partition coefficient (Wildman–Crippen LogP) is 3.95. The monoisotopic (exact) mass is 407 g/mol. The van der Waals surface area contributed by atoms with E-state index in [1.165, 1.54) is 17.3 Å². The molecule has 2 heterocycles. The van der Waals surface area contributed by atoms with Crippen LogP contribution in [0.15, 0.2) is 53.9 Å². The van der Waals surface area contributed by atoms with Gasteiger partial charge in [-0.15, -0.1) is 10.2 Å². The van der Waals surface area contributed by atoms with Gasteiger partial charge in [0.2, 0.25) is 5.91 Å². The second-order valence-corrected chi connectivity index (χ2v) is 8.21. The number of nitrogens with zero attached hydrogens (tertiary/aromatic N) is 5. The number of aryl methyl sites for hydroxylation is 1. The van der Waals surface area contributed by atoms with Crippen LogP contribution >= 0.6 is 11.8 Å². The minimum atomic E-state index is 0.143. The average Bonchev–Trinajstić information content (AvgIpc) is 3.51. The molecule has 1 amide bonds. The van der Waals surface area contributed by atoms with Gasteiger partial charge < -0.3 is 9.47 Å². The zero-order chi connectivity index (χ0) is 20.2. The zero-order valence-electron chi connectivity index (χ0n) is 16.8. The minimum absolute atomic E-state index is 0.143. The highest BCUT2D eigenvalue weighted by molar-refractivity contribution is 7.99. The molecule has 3 aromatic rings. The predicted molar refractivity (Wildman–Crippen MR) is 114 cm³/mol. The summed E-state index contributed by atoms with van der Waals surface area (Å²) < 4.78 is 2.09. The molecule has 29 heavy (non-hydrogen) atoms. The lowest BCUT2D eigenvalue weighted by Crippen LogP contribution is -2.34. The van der Waals surface area contributed by atoms with Crippen LogP contribution < -0.4 is 0 Å². The number of amides is 1. The third-order valence-electron chi connectivity index (χ3n) is 5.13. The molecule has 0 bridgehead atoms. The highest BCUT2D eigenvalue weighted by Crippen LogP contribution is 2.30. The fourth-order valence-corrected chi connectivity index (χ4v) is 4.30. The van der Waals surface area contributed by atoms with E-state index in [9.17, 15) is 4.79 Å². The van der Waals surface area contributed by atoms with E-state index in [-0.39, 0.29) is 5.91 Å². The molecule has 1 aliphatic rings. The van der Waals surface area contributed by atoms with Gasteiger partial charge in [0.15, 0.2) is 11.0 Å². The van der Waals surface area contributed by atoms with E-state index in [0.717, 1.165) is 41.5 Å². The largest absolute Gasteiger partial charge is 0.335 e. The van der Waals surface area contributed by atoms with Crippen LogP contribution in [0.1, 0.15) is 30.9 Å². The van der Waals surface area contributed by atoms with Crippen molar-refractivity contribution in [3.8, 4) is 11.4 Å². The van der Waals surface area contributed by atoms with Crippen molar-refractivity contribution in [1.29, 1.82) is 0 Å². The van der Waals surface area contributed by atoms with Crippen LogP contribution in [0.3, 0.4) is 0 Å². The van der Waals surface area contributed by atoms with E-state index >= 15 is 0 Å². The highest BCUT2D eigenvalue weighted by atomic mass is 32.2. The standard InChI is InChI=1S/C22H25N5OS/c1-3-26-21(19-9-5-4-7-16(19)2)24-25-22(26)29-15-20(28)27(18-10-11-18)14-17-8-6-12-23-13-17/h4-9,12-13,18H,3,10-11,14-15H2,1-2H3. The number of pyridine rings is 1. The maximum atomic E-state index is 13.0. The van der Waals surface area contributed by atoms with E-state index in [2.05, 4.69) is 45.7 Å². The second kappa shape index (κ2) is 8.78. The Hall–Kier alpha value is -2.67. The summed E-state index contributed by atoms with van der Waals surface area (Å²) in [4.78, 5) is 19.1. The first-order valence-corrected chi connectivity index (χ1v) is 11.0. The third-order valence-corrected chi connectivity index (χ3v) is 6.08. The molecule has 2 aromatic heterocycles. The van der Waals surface area contributed by atoms with Gasteiger partial charge in [-0.3, -0.25) is 9.78 Å². The van der Waals surface area contributed by atoms with Gasteiger partial charge in [0.25, 0.3) is 0 Å². The molecule has 1 aromatic carbocycles. The van der Waals surface area contributed by atoms with Crippen molar-refractivity contribution < 1.29 is 4.79 Å². The topological polar surface area (TPSA) is 63.9 Å². The molecular formula is C22H25N5OS. The minimum Gasteiger partial charge on any atom is -0.335 e. The second-order valence-electron chi connectivity index (χ2n) is 7.27. The van der Waals surface area contributed by atoms with Crippen LogP contribution in [0.2, 0.25) is 0 Å². The molecule has 4 rings (SSSR count). The molecule has 0 spiro atoms. The summed E-state index contributed by atoms with van der Waals surface area (Å²) in [5, 5.41) is 9.58. The normalized spacial score (nSPS) is 13.4. The third kappa shape index (κ3) is 4.50. The summed E-state index contributed by atoms with van der Waals surface area (Å²) in [5.74, 6) is 1.36. The van der Waals surface area contributed by atoms with Gasteiger partial charge in [-0.2, -0.15) is 0 Å². The number of carbonyl (C=O) groups excluding carboxylic acids is 1. The Morgan fingerprint density at radius 2 is 2.03 bits per heavy atom. The lowest BCUT2D eigenvalue weighted by Gasteiger charge is -2.22. The molecule has 1 saturated carbocycles. The Morgan fingerprint density at radius 3 is 2.72 bits per heavy atom. The summed E-state index contributed by atoms with van der Waals surface area (Å²) >= 11 is 1.47. The number of hydrogen-bond acceptors (Lipinski definition) is 5. The van der Waals surface area contributed by atoms with Gasteiger partial charge in [-0.1, -0.05) is 42.1 Å². The van der Waals surface area contributed by atoms with Gasteiger partial charge in [-0.05, 0) is 43.9 Å². The summed E-state index contributed by atoms with van der Waals surface area (Å²) in [6, 6.07) is 12.5. The molecule has 7 heteroatoms. The number of aromatic nitrogens is 4. The van der Waals surface area contributed by atoms with Crippen molar-refractivity contribution in [3.05, 3.63) is 59.9 Å². The molecule has 1 aliphatic carbocycles. The average molecular weight is 408 g/mol. The molecule has 0 radical (unpaired) electrons. The fourth-order valence-electron chi connectivity index (χ4n) is 3.41. The number of hydrogen-bond donors (Lipinski definition) is 0. The Kier molecular flexibility index (Phi) is 5.94. The first-order valence-electron chi connectivity index (χ1n) is 9.97. The van der Waals surface area contributed by atoms with Crippen molar-refractivity contribution in [2.45, 2.75) is 51.0 Å². The molecular weight excluding hydrogens is 382 g/mol. The Morgan fingerprint density at radius 1 is 1.21 bits per heavy atom. The molecule has 150 valence electrons.